The van der Waals surface area contributed by atoms with Gasteiger partial charge in [-0.15, -0.1) is 0 Å². The highest BCUT2D eigenvalue weighted by Crippen LogP contribution is 2.40. The summed E-state index contributed by atoms with van der Waals surface area (Å²) in [5, 5.41) is 9.88. The van der Waals surface area contributed by atoms with Gasteiger partial charge in [-0.1, -0.05) is 28.8 Å². The van der Waals surface area contributed by atoms with Crippen LogP contribution in [0.25, 0.3) is 0 Å². The quantitative estimate of drug-likeness (QED) is 0.720. The molecule has 0 aromatic rings. The van der Waals surface area contributed by atoms with E-state index >= 15 is 0 Å². The van der Waals surface area contributed by atoms with E-state index in [2.05, 4.69) is 33.9 Å². The van der Waals surface area contributed by atoms with Gasteiger partial charge in [0.2, 0.25) is 0 Å². The molecule has 3 heteroatoms. The minimum absolute atomic E-state index is 0.142. The van der Waals surface area contributed by atoms with Gasteiger partial charge in [-0.2, -0.15) is 5.26 Å². The van der Waals surface area contributed by atoms with Crippen molar-refractivity contribution in [3.8, 4) is 6.07 Å². The van der Waals surface area contributed by atoms with Gasteiger partial charge < -0.3 is 4.90 Å². The molecule has 15 heavy (non-hydrogen) atoms. The highest BCUT2D eigenvalue weighted by atomic mass is 79.9. The second-order valence-corrected chi connectivity index (χ2v) is 5.63. The van der Waals surface area contributed by atoms with Crippen LogP contribution < -0.4 is 0 Å². The lowest BCUT2D eigenvalue weighted by atomic mass is 9.88. The number of halogens is 1. The summed E-state index contributed by atoms with van der Waals surface area (Å²) in [5.41, 5.74) is 0.476. The van der Waals surface area contributed by atoms with E-state index in [0.29, 0.717) is 5.41 Å². The number of hydrogen-bond acceptors (Lipinski definition) is 2. The third-order valence-corrected chi connectivity index (χ3v) is 4.55. The highest BCUT2D eigenvalue weighted by molar-refractivity contribution is 9.09. The lowest BCUT2D eigenvalue weighted by molar-refractivity contribution is 0.193. The molecule has 0 bridgehead atoms. The van der Waals surface area contributed by atoms with Crippen molar-refractivity contribution in [3.05, 3.63) is 0 Å². The molecule has 0 aromatic carbocycles. The fourth-order valence-electron chi connectivity index (χ4n) is 2.60. The van der Waals surface area contributed by atoms with E-state index in [0.717, 1.165) is 18.4 Å². The molecule has 0 radical (unpaired) electrons. The Morgan fingerprint density at radius 3 is 2.53 bits per heavy atom. The van der Waals surface area contributed by atoms with Crippen LogP contribution in [0.15, 0.2) is 0 Å². The van der Waals surface area contributed by atoms with Crippen molar-refractivity contribution in [3.63, 3.8) is 0 Å². The number of hydrogen-bond donors (Lipinski definition) is 0. The number of nitriles is 1. The third kappa shape index (κ3) is 3.77. The molecule has 1 rings (SSSR count). The molecule has 2 nitrogen and oxygen atoms in total. The molecule has 0 spiro atoms. The zero-order valence-electron chi connectivity index (χ0n) is 9.80. The largest absolute Gasteiger partial charge is 0.304 e. The maximum atomic E-state index is 8.78. The molecule has 0 amide bonds. The second kappa shape index (κ2) is 5.86. The summed E-state index contributed by atoms with van der Waals surface area (Å²) in [6.45, 7) is 4.02. The van der Waals surface area contributed by atoms with E-state index in [9.17, 15) is 0 Å². The molecular formula is C12H21BrN2. The van der Waals surface area contributed by atoms with Crippen molar-refractivity contribution >= 4 is 15.9 Å². The molecule has 86 valence electrons. The molecule has 0 saturated heterocycles. The topological polar surface area (TPSA) is 27.0 Å². The van der Waals surface area contributed by atoms with E-state index in [1.807, 2.05) is 6.92 Å². The molecule has 0 heterocycles. The van der Waals surface area contributed by atoms with Crippen molar-refractivity contribution in [1.29, 1.82) is 5.26 Å². The van der Waals surface area contributed by atoms with Gasteiger partial charge in [-0.3, -0.25) is 0 Å². The average molecular weight is 273 g/mol. The van der Waals surface area contributed by atoms with Gasteiger partial charge in [0.15, 0.2) is 0 Å². The fraction of sp³-hybridized carbons (Fsp3) is 0.917. The zero-order valence-corrected chi connectivity index (χ0v) is 11.4. The summed E-state index contributed by atoms with van der Waals surface area (Å²) in [4.78, 5) is 2.32. The first kappa shape index (κ1) is 13.0. The molecule has 1 aliphatic rings. The molecular weight excluding hydrogens is 252 g/mol. The Balaban J connectivity index is 2.42. The smallest absolute Gasteiger partial charge is 0.0666 e. The summed E-state index contributed by atoms with van der Waals surface area (Å²) in [5.74, 6) is 0.142. The molecule has 0 aromatic heterocycles. The maximum absolute atomic E-state index is 8.78. The van der Waals surface area contributed by atoms with Crippen LogP contribution in [0.2, 0.25) is 0 Å². The van der Waals surface area contributed by atoms with Gasteiger partial charge >= 0.3 is 0 Å². The van der Waals surface area contributed by atoms with Crippen LogP contribution in [0.3, 0.4) is 0 Å². The average Bonchev–Trinajstić information content (AvgIpc) is 2.66. The Labute approximate surface area is 102 Å². The number of rotatable bonds is 5. The molecule has 0 N–H and O–H groups in total. The van der Waals surface area contributed by atoms with E-state index in [1.54, 1.807) is 0 Å². The summed E-state index contributed by atoms with van der Waals surface area (Å²) in [6, 6.07) is 2.30. The van der Waals surface area contributed by atoms with Crippen LogP contribution in [-0.2, 0) is 0 Å². The monoisotopic (exact) mass is 272 g/mol. The lowest BCUT2D eigenvalue weighted by Crippen LogP contribution is -2.37. The van der Waals surface area contributed by atoms with Gasteiger partial charge in [0.1, 0.15) is 0 Å². The molecule has 1 atom stereocenters. The van der Waals surface area contributed by atoms with Crippen LogP contribution in [0.4, 0.5) is 0 Å². The summed E-state index contributed by atoms with van der Waals surface area (Å²) in [7, 11) is 2.14. The van der Waals surface area contributed by atoms with Crippen molar-refractivity contribution < 1.29 is 0 Å². The number of nitrogens with zero attached hydrogens (tertiary/aromatic N) is 2. The minimum atomic E-state index is 0.142. The Morgan fingerprint density at radius 2 is 2.07 bits per heavy atom. The summed E-state index contributed by atoms with van der Waals surface area (Å²) >= 11 is 3.65. The highest BCUT2D eigenvalue weighted by Gasteiger charge is 2.33. The van der Waals surface area contributed by atoms with Crippen LogP contribution in [0.5, 0.6) is 0 Å². The third-order valence-electron chi connectivity index (χ3n) is 3.36. The molecule has 1 saturated carbocycles. The van der Waals surface area contributed by atoms with Crippen LogP contribution in [-0.4, -0.2) is 30.4 Å². The van der Waals surface area contributed by atoms with E-state index < -0.39 is 0 Å². The Hall–Kier alpha value is -0.0700. The molecule has 1 fully saturated rings. The first-order valence-corrected chi connectivity index (χ1v) is 6.88. The van der Waals surface area contributed by atoms with Crippen LogP contribution >= 0.6 is 15.9 Å². The van der Waals surface area contributed by atoms with Gasteiger partial charge in [-0.25, -0.2) is 0 Å². The van der Waals surface area contributed by atoms with Gasteiger partial charge in [0, 0.05) is 18.4 Å². The Bertz CT molecular complexity index is 228. The molecule has 1 unspecified atom stereocenters. The van der Waals surface area contributed by atoms with Gasteiger partial charge in [0.05, 0.1) is 12.0 Å². The van der Waals surface area contributed by atoms with Crippen LogP contribution in [0.1, 0.15) is 32.6 Å². The Morgan fingerprint density at radius 1 is 1.47 bits per heavy atom. The van der Waals surface area contributed by atoms with E-state index in [-0.39, 0.29) is 5.92 Å². The number of alkyl halides is 1. The first-order chi connectivity index (χ1) is 7.12. The second-order valence-electron chi connectivity index (χ2n) is 5.07. The predicted octanol–water partition coefficient (Wildman–Crippen LogP) is 3.03. The van der Waals surface area contributed by atoms with Crippen LogP contribution in [0, 0.1) is 22.7 Å². The molecule has 1 aliphatic carbocycles. The van der Waals surface area contributed by atoms with Gasteiger partial charge in [0.25, 0.3) is 0 Å². The summed E-state index contributed by atoms with van der Waals surface area (Å²) < 4.78 is 0. The standard InChI is InChI=1S/C12H21BrN2/c1-11(7-14)8-15(2)10-12(9-13)5-3-4-6-12/h11H,3-6,8-10H2,1-2H3. The van der Waals surface area contributed by atoms with Crippen molar-refractivity contribution in [2.24, 2.45) is 11.3 Å². The molecule has 0 aliphatic heterocycles. The zero-order chi connectivity index (χ0) is 11.3. The minimum Gasteiger partial charge on any atom is -0.304 e. The first-order valence-electron chi connectivity index (χ1n) is 5.76. The van der Waals surface area contributed by atoms with Gasteiger partial charge in [-0.05, 0) is 32.2 Å². The van der Waals surface area contributed by atoms with E-state index in [1.165, 1.54) is 25.7 Å². The van der Waals surface area contributed by atoms with Crippen molar-refractivity contribution in [2.45, 2.75) is 32.6 Å². The predicted molar refractivity (Wildman–Crippen MR) is 67.0 cm³/mol. The van der Waals surface area contributed by atoms with Crippen molar-refractivity contribution in [2.75, 3.05) is 25.5 Å². The summed E-state index contributed by atoms with van der Waals surface area (Å²) in [6.07, 6.45) is 5.41. The van der Waals surface area contributed by atoms with Crippen molar-refractivity contribution in [1.82, 2.24) is 4.90 Å². The lowest BCUT2D eigenvalue weighted by Gasteiger charge is -2.32. The maximum Gasteiger partial charge on any atom is 0.0666 e. The normalized spacial score (nSPS) is 21.5. The fourth-order valence-corrected chi connectivity index (χ4v) is 3.34. The van der Waals surface area contributed by atoms with E-state index in [4.69, 9.17) is 5.26 Å². The Kier molecular flexibility index (Phi) is 5.08. The SMILES string of the molecule is CC(C#N)CN(C)CC1(CBr)CCCC1.